The molecule has 0 radical (unpaired) electrons. The van der Waals surface area contributed by atoms with Crippen molar-refractivity contribution in [2.45, 2.75) is 37.1 Å². The van der Waals surface area contributed by atoms with Gasteiger partial charge in [0.1, 0.15) is 5.84 Å². The van der Waals surface area contributed by atoms with Crippen LogP contribution in [0, 0.1) is 11.3 Å². The summed E-state index contributed by atoms with van der Waals surface area (Å²) in [5.41, 5.74) is 9.67. The van der Waals surface area contributed by atoms with Crippen LogP contribution >= 0.6 is 0 Å². The number of likely N-dealkylation sites (tertiary alicyclic amines) is 1. The summed E-state index contributed by atoms with van der Waals surface area (Å²) >= 11 is 0. The number of amidine groups is 1. The van der Waals surface area contributed by atoms with Crippen LogP contribution in [0.4, 0.5) is 0 Å². The van der Waals surface area contributed by atoms with Crippen molar-refractivity contribution in [1.82, 2.24) is 4.90 Å². The molecule has 3 aromatic rings. The fourth-order valence-corrected chi connectivity index (χ4v) is 5.71. The third kappa shape index (κ3) is 6.48. The Morgan fingerprint density at radius 1 is 1.05 bits per heavy atom. The van der Waals surface area contributed by atoms with Gasteiger partial charge in [0.15, 0.2) is 0 Å². The van der Waals surface area contributed by atoms with E-state index in [-0.39, 0.29) is 28.5 Å². The number of esters is 1. The number of carbonyl (C=O) groups is 1. The monoisotopic (exact) mass is 534 g/mol. The molecule has 0 saturated carbocycles. The molecule has 4 rings (SSSR count). The van der Waals surface area contributed by atoms with Crippen molar-refractivity contribution in [2.75, 3.05) is 19.7 Å². The lowest BCUT2D eigenvalue weighted by Crippen LogP contribution is -2.25. The van der Waals surface area contributed by atoms with Gasteiger partial charge in [-0.3, -0.25) is 15.1 Å². The Balaban J connectivity index is 1.54. The van der Waals surface area contributed by atoms with E-state index in [0.29, 0.717) is 37.4 Å². The van der Waals surface area contributed by atoms with Crippen LogP contribution in [0.2, 0.25) is 0 Å². The van der Waals surface area contributed by atoms with Crippen molar-refractivity contribution in [1.29, 1.82) is 5.41 Å². The third-order valence-corrected chi connectivity index (χ3v) is 7.90. The molecule has 0 amide bonds. The first-order valence-corrected chi connectivity index (χ1v) is 14.3. The van der Waals surface area contributed by atoms with E-state index in [1.807, 2.05) is 42.5 Å². The quantitative estimate of drug-likeness (QED) is 0.156. The fraction of sp³-hybridized carbons (Fsp3) is 0.310. The van der Waals surface area contributed by atoms with Crippen molar-refractivity contribution in [3.63, 3.8) is 0 Å². The van der Waals surface area contributed by atoms with Crippen LogP contribution in [0.5, 0.6) is 0 Å². The van der Waals surface area contributed by atoms with Crippen LogP contribution < -0.4 is 10.9 Å². The van der Waals surface area contributed by atoms with Gasteiger partial charge in [0.05, 0.1) is 17.4 Å². The molecule has 0 aliphatic carbocycles. The molecule has 2 atom stereocenters. The predicted octanol–water partition coefficient (Wildman–Crippen LogP) is 3.84. The summed E-state index contributed by atoms with van der Waals surface area (Å²) in [6.45, 7) is 4.30. The van der Waals surface area contributed by atoms with Gasteiger partial charge in [-0.25, -0.2) is 13.6 Å². The number of benzene rings is 3. The van der Waals surface area contributed by atoms with E-state index in [2.05, 4.69) is 11.8 Å². The minimum Gasteiger partial charge on any atom is -0.465 e. The molecule has 0 unspecified atom stereocenters. The maximum Gasteiger partial charge on any atom is 0.310 e. The fourth-order valence-electron chi connectivity index (χ4n) is 4.95. The van der Waals surface area contributed by atoms with E-state index in [1.165, 1.54) is 6.07 Å². The van der Waals surface area contributed by atoms with Crippen LogP contribution in [0.15, 0.2) is 77.7 Å². The number of hydrogen-bond acceptors (Lipinski definition) is 6. The largest absolute Gasteiger partial charge is 0.465 e. The zero-order valence-corrected chi connectivity index (χ0v) is 22.3. The lowest BCUT2D eigenvalue weighted by atomic mass is 9.88. The van der Waals surface area contributed by atoms with Gasteiger partial charge in [-0.05, 0) is 35.2 Å². The van der Waals surface area contributed by atoms with Gasteiger partial charge in [0, 0.05) is 36.7 Å². The van der Waals surface area contributed by atoms with Gasteiger partial charge in [0.2, 0.25) is 10.0 Å². The van der Waals surface area contributed by atoms with Gasteiger partial charge < -0.3 is 10.5 Å². The van der Waals surface area contributed by atoms with Gasteiger partial charge in [0.25, 0.3) is 0 Å². The first-order valence-electron chi connectivity index (χ1n) is 12.7. The Bertz CT molecular complexity index is 1410. The van der Waals surface area contributed by atoms with E-state index < -0.39 is 10.0 Å². The smallest absolute Gasteiger partial charge is 0.310 e. The molecule has 0 aromatic heterocycles. The third-order valence-electron chi connectivity index (χ3n) is 6.93. The molecule has 1 saturated heterocycles. The first-order chi connectivity index (χ1) is 18.2. The van der Waals surface area contributed by atoms with Crippen molar-refractivity contribution in [3.05, 3.63) is 89.5 Å². The number of carbonyl (C=O) groups excluding carboxylic acids is 1. The van der Waals surface area contributed by atoms with E-state index in [1.54, 1.807) is 24.3 Å². The average Bonchev–Trinajstić information content (AvgIpc) is 3.33. The number of nitrogens with zero attached hydrogens (tertiary/aromatic N) is 1. The standard InChI is InChI=1S/C29H34N4O4S/c1-2-3-15-37-29(34)26-19-33(18-25(26)22-7-6-8-23(16-22)28(30)31)17-20-11-13-21(14-12-20)24-9-4-5-10-27(24)38(32,35)36/h4-14,16,25-26H,2-3,15,17-19H2,1H3,(H3,30,31)(H2,32,35,36)/t25-,26+/m0/s1. The molecule has 1 aliphatic rings. The summed E-state index contributed by atoms with van der Waals surface area (Å²) in [7, 11) is -3.85. The number of unbranched alkanes of at least 4 members (excludes halogenated alkanes) is 1. The number of rotatable bonds is 10. The summed E-state index contributed by atoms with van der Waals surface area (Å²) in [5.74, 6) is -0.610. The highest BCUT2D eigenvalue weighted by atomic mass is 32.2. The summed E-state index contributed by atoms with van der Waals surface area (Å²) in [5, 5.41) is 13.2. The van der Waals surface area contributed by atoms with Gasteiger partial charge in [-0.15, -0.1) is 0 Å². The molecule has 1 aliphatic heterocycles. The molecular weight excluding hydrogens is 500 g/mol. The van der Waals surface area contributed by atoms with Gasteiger partial charge in [-0.1, -0.05) is 74.0 Å². The zero-order valence-electron chi connectivity index (χ0n) is 21.5. The second-order valence-corrected chi connectivity index (χ2v) is 11.2. The van der Waals surface area contributed by atoms with Crippen LogP contribution in [-0.2, 0) is 26.1 Å². The number of nitrogens with two attached hydrogens (primary N) is 2. The minimum absolute atomic E-state index is 0.00660. The average molecular weight is 535 g/mol. The van der Waals surface area contributed by atoms with E-state index in [0.717, 1.165) is 29.5 Å². The Labute approximate surface area is 224 Å². The first kappa shape index (κ1) is 27.5. The molecule has 1 heterocycles. The molecule has 5 N–H and O–H groups in total. The molecule has 1 fully saturated rings. The SMILES string of the molecule is CCCCOC(=O)[C@@H]1CN(Cc2ccc(-c3ccccc3S(N)(=O)=O)cc2)C[C@H]1c1cccc(C(=N)N)c1. The lowest BCUT2D eigenvalue weighted by molar-refractivity contribution is -0.148. The molecular formula is C29H34N4O4S. The van der Waals surface area contributed by atoms with Gasteiger partial charge in [-0.2, -0.15) is 0 Å². The number of primary sulfonamides is 1. The van der Waals surface area contributed by atoms with Crippen molar-refractivity contribution in [3.8, 4) is 11.1 Å². The molecule has 9 heteroatoms. The molecule has 0 bridgehead atoms. The van der Waals surface area contributed by atoms with Crippen molar-refractivity contribution >= 4 is 21.8 Å². The van der Waals surface area contributed by atoms with Crippen LogP contribution in [0.3, 0.4) is 0 Å². The lowest BCUT2D eigenvalue weighted by Gasteiger charge is -2.18. The number of sulfonamides is 1. The summed E-state index contributed by atoms with van der Waals surface area (Å²) < 4.78 is 29.6. The zero-order chi connectivity index (χ0) is 27.3. The highest BCUT2D eigenvalue weighted by Crippen LogP contribution is 2.35. The van der Waals surface area contributed by atoms with Crippen LogP contribution in [-0.4, -0.2) is 44.8 Å². The molecule has 0 spiro atoms. The van der Waals surface area contributed by atoms with Crippen molar-refractivity contribution < 1.29 is 17.9 Å². The second kappa shape index (κ2) is 11.9. The maximum absolute atomic E-state index is 13.1. The van der Waals surface area contributed by atoms with E-state index in [9.17, 15) is 13.2 Å². The highest BCUT2D eigenvalue weighted by molar-refractivity contribution is 7.89. The topological polar surface area (TPSA) is 140 Å². The van der Waals surface area contributed by atoms with Crippen molar-refractivity contribution in [2.24, 2.45) is 16.8 Å². The number of nitrogens with one attached hydrogen (secondary N) is 1. The molecule has 38 heavy (non-hydrogen) atoms. The predicted molar refractivity (Wildman–Crippen MR) is 148 cm³/mol. The molecule has 8 nitrogen and oxygen atoms in total. The summed E-state index contributed by atoms with van der Waals surface area (Å²) in [6.07, 6.45) is 1.78. The second-order valence-electron chi connectivity index (χ2n) is 9.71. The Hall–Kier alpha value is -3.53. The van der Waals surface area contributed by atoms with Gasteiger partial charge >= 0.3 is 5.97 Å². The normalized spacial score (nSPS) is 17.8. The van der Waals surface area contributed by atoms with E-state index >= 15 is 0 Å². The minimum atomic E-state index is -3.85. The number of nitrogen functional groups attached to an aromatic ring is 1. The number of ether oxygens (including phenoxy) is 1. The summed E-state index contributed by atoms with van der Waals surface area (Å²) in [6, 6.07) is 21.9. The van der Waals surface area contributed by atoms with E-state index in [4.69, 9.17) is 21.0 Å². The van der Waals surface area contributed by atoms with Crippen LogP contribution in [0.25, 0.3) is 11.1 Å². The highest BCUT2D eigenvalue weighted by Gasteiger charge is 2.39. The molecule has 3 aromatic carbocycles. The van der Waals surface area contributed by atoms with Crippen LogP contribution in [0.1, 0.15) is 42.4 Å². The Morgan fingerprint density at radius 3 is 2.47 bits per heavy atom. The maximum atomic E-state index is 13.1. The Kier molecular flexibility index (Phi) is 8.61. The summed E-state index contributed by atoms with van der Waals surface area (Å²) in [4.78, 5) is 15.4. The number of hydrogen-bond donors (Lipinski definition) is 3. The Morgan fingerprint density at radius 2 is 1.79 bits per heavy atom. The molecule has 200 valence electrons.